The standard InChI is InChI=1S/C8H10BrNO4S.K/c1-8(2)4(7(12)13)10-5(11)3(9)6(10)15(8)14;/h3-4,6H,1-2H3,(H,12,13);/q;+1/p-1/t3-,4-,6+,15?;/m0./s1. The van der Waals surface area contributed by atoms with E-state index in [1.165, 1.54) is 0 Å². The van der Waals surface area contributed by atoms with Gasteiger partial charge in [-0.1, -0.05) is 15.9 Å². The molecule has 16 heavy (non-hydrogen) atoms. The van der Waals surface area contributed by atoms with Crippen molar-refractivity contribution in [1.29, 1.82) is 0 Å². The Balaban J connectivity index is 0.00000128. The van der Waals surface area contributed by atoms with Crippen molar-refractivity contribution in [2.45, 2.75) is 34.8 Å². The summed E-state index contributed by atoms with van der Waals surface area (Å²) in [5, 5.41) is 10.4. The molecule has 0 aromatic heterocycles. The van der Waals surface area contributed by atoms with Crippen LogP contribution in [-0.4, -0.2) is 42.3 Å². The van der Waals surface area contributed by atoms with E-state index >= 15 is 0 Å². The molecule has 84 valence electrons. The van der Waals surface area contributed by atoms with Crippen molar-refractivity contribution in [1.82, 2.24) is 4.90 Å². The van der Waals surface area contributed by atoms with Crippen molar-refractivity contribution in [3.8, 4) is 0 Å². The number of hydrogen-bond donors (Lipinski definition) is 0. The zero-order valence-corrected chi connectivity index (χ0v) is 14.6. The molecule has 1 amide bonds. The Hall–Kier alpha value is 1.37. The van der Waals surface area contributed by atoms with Gasteiger partial charge in [0.05, 0.1) is 5.97 Å². The monoisotopic (exact) mass is 333 g/mol. The van der Waals surface area contributed by atoms with E-state index in [4.69, 9.17) is 0 Å². The number of halogens is 1. The van der Waals surface area contributed by atoms with Gasteiger partial charge in [-0.25, -0.2) is 0 Å². The van der Waals surface area contributed by atoms with Gasteiger partial charge in [-0.15, -0.1) is 0 Å². The summed E-state index contributed by atoms with van der Waals surface area (Å²) in [6.07, 6.45) is 0. The van der Waals surface area contributed by atoms with Gasteiger partial charge in [-0.3, -0.25) is 9.69 Å². The van der Waals surface area contributed by atoms with Gasteiger partial charge in [-0.2, -0.15) is 0 Å². The van der Waals surface area contributed by atoms with Gasteiger partial charge in [0.1, 0.15) is 10.8 Å². The number of carbonyl (C=O) groups excluding carboxylic acids is 2. The zero-order chi connectivity index (χ0) is 11.5. The minimum absolute atomic E-state index is 0. The van der Waals surface area contributed by atoms with E-state index in [0.29, 0.717) is 0 Å². The number of hydrogen-bond acceptors (Lipinski definition) is 4. The van der Waals surface area contributed by atoms with Gasteiger partial charge in [0.2, 0.25) is 11.3 Å². The second-order valence-electron chi connectivity index (χ2n) is 4.16. The molecular weight excluding hydrogens is 325 g/mol. The van der Waals surface area contributed by atoms with Gasteiger partial charge in [0, 0.05) is 0 Å². The van der Waals surface area contributed by atoms with E-state index in [9.17, 15) is 19.2 Å². The van der Waals surface area contributed by atoms with E-state index in [2.05, 4.69) is 15.9 Å². The minimum Gasteiger partial charge on any atom is -0.614 e. The Labute approximate surface area is 147 Å². The second-order valence-corrected chi connectivity index (χ2v) is 7.28. The maximum atomic E-state index is 12.0. The molecule has 0 aromatic rings. The number of carbonyl (C=O) groups is 2. The van der Waals surface area contributed by atoms with Gasteiger partial charge in [0.15, 0.2) is 4.83 Å². The number of carboxylic acid groups (broad SMARTS) is 1. The largest absolute Gasteiger partial charge is 1.00 e. The molecule has 2 rings (SSSR count). The molecule has 2 aliphatic heterocycles. The van der Waals surface area contributed by atoms with Gasteiger partial charge in [-0.05, 0) is 25.0 Å². The van der Waals surface area contributed by atoms with Crippen LogP contribution in [0.1, 0.15) is 13.8 Å². The van der Waals surface area contributed by atoms with E-state index in [1.807, 2.05) is 0 Å². The fourth-order valence-corrected chi connectivity index (χ4v) is 4.98. The first-order valence-electron chi connectivity index (χ1n) is 4.38. The SMILES string of the molecule is CC1(C)[C@H](C(=O)[O-])N2C(=O)[C@H](Br)[C@H]2[S+]1[O-].[K+]. The van der Waals surface area contributed by atoms with Crippen LogP contribution in [0.4, 0.5) is 0 Å². The van der Waals surface area contributed by atoms with Crippen molar-refractivity contribution in [3.63, 3.8) is 0 Å². The Morgan fingerprint density at radius 1 is 1.56 bits per heavy atom. The van der Waals surface area contributed by atoms with Crippen LogP contribution >= 0.6 is 15.9 Å². The van der Waals surface area contributed by atoms with Crippen molar-refractivity contribution >= 4 is 39.0 Å². The molecule has 2 aliphatic rings. The number of β-lactam (4-membered cyclic amide) rings is 1. The number of amides is 1. The Kier molecular flexibility index (Phi) is 4.63. The summed E-state index contributed by atoms with van der Waals surface area (Å²) in [4.78, 5) is 23.0. The number of alkyl halides is 1. The van der Waals surface area contributed by atoms with Crippen molar-refractivity contribution in [3.05, 3.63) is 0 Å². The summed E-state index contributed by atoms with van der Waals surface area (Å²) in [7, 11) is 0. The maximum Gasteiger partial charge on any atom is 1.00 e. The van der Waals surface area contributed by atoms with Crippen molar-refractivity contribution in [2.24, 2.45) is 0 Å². The number of rotatable bonds is 1. The number of aliphatic carboxylic acids is 1. The van der Waals surface area contributed by atoms with Crippen molar-refractivity contribution in [2.75, 3.05) is 0 Å². The summed E-state index contributed by atoms with van der Waals surface area (Å²) < 4.78 is 11.0. The average Bonchev–Trinajstić information content (AvgIpc) is 2.32. The maximum absolute atomic E-state index is 12.0. The molecule has 0 aromatic carbocycles. The van der Waals surface area contributed by atoms with Crippen LogP contribution < -0.4 is 56.5 Å². The summed E-state index contributed by atoms with van der Waals surface area (Å²) >= 11 is 1.72. The molecule has 2 saturated heterocycles. The first-order chi connectivity index (χ1) is 6.80. The quantitative estimate of drug-likeness (QED) is 0.210. The van der Waals surface area contributed by atoms with Crippen LogP contribution in [0.25, 0.3) is 0 Å². The number of nitrogens with zero attached hydrogens (tertiary/aromatic N) is 1. The van der Waals surface area contributed by atoms with Crippen LogP contribution in [0.15, 0.2) is 0 Å². The van der Waals surface area contributed by atoms with Crippen LogP contribution in [-0.2, 0) is 20.8 Å². The summed E-state index contributed by atoms with van der Waals surface area (Å²) in [5.74, 6) is -1.67. The first kappa shape index (κ1) is 15.4. The normalized spacial score (nSPS) is 39.8. The van der Waals surface area contributed by atoms with Crippen LogP contribution in [0.5, 0.6) is 0 Å². The molecular formula is C8H9BrKNO4S. The predicted molar refractivity (Wildman–Crippen MR) is 54.4 cm³/mol. The number of carboxylic acids is 1. The third-order valence-electron chi connectivity index (χ3n) is 2.91. The van der Waals surface area contributed by atoms with Gasteiger partial charge in [0.25, 0.3) is 0 Å². The number of fused-ring (bicyclic) bond motifs is 1. The van der Waals surface area contributed by atoms with Crippen LogP contribution in [0, 0.1) is 0 Å². The summed E-state index contributed by atoms with van der Waals surface area (Å²) in [6, 6.07) is -1.09. The third-order valence-corrected chi connectivity index (χ3v) is 6.35. The summed E-state index contributed by atoms with van der Waals surface area (Å²) in [6.45, 7) is 3.16. The topological polar surface area (TPSA) is 83.5 Å². The van der Waals surface area contributed by atoms with Crippen LogP contribution in [0.2, 0.25) is 0 Å². The third kappa shape index (κ3) is 1.85. The van der Waals surface area contributed by atoms with Gasteiger partial charge < -0.3 is 14.5 Å². The van der Waals surface area contributed by atoms with Gasteiger partial charge >= 0.3 is 51.4 Å². The Morgan fingerprint density at radius 2 is 2.06 bits per heavy atom. The average molecular weight is 334 g/mol. The molecule has 0 radical (unpaired) electrons. The smallest absolute Gasteiger partial charge is 0.614 e. The molecule has 2 fully saturated rings. The molecule has 0 saturated carbocycles. The first-order valence-corrected chi connectivity index (χ1v) is 6.51. The van der Waals surface area contributed by atoms with Crippen molar-refractivity contribution < 1.29 is 70.6 Å². The molecule has 4 atom stereocenters. The predicted octanol–water partition coefficient (Wildman–Crippen LogP) is -4.42. The van der Waals surface area contributed by atoms with E-state index in [-0.39, 0.29) is 57.3 Å². The fraction of sp³-hybridized carbons (Fsp3) is 0.750. The molecule has 1 unspecified atom stereocenters. The van der Waals surface area contributed by atoms with Crippen LogP contribution in [0.3, 0.4) is 0 Å². The molecule has 0 bridgehead atoms. The second kappa shape index (κ2) is 4.80. The van der Waals surface area contributed by atoms with E-state index in [1.54, 1.807) is 13.8 Å². The molecule has 5 nitrogen and oxygen atoms in total. The Morgan fingerprint density at radius 3 is 2.50 bits per heavy atom. The molecule has 0 spiro atoms. The van der Waals surface area contributed by atoms with E-state index in [0.717, 1.165) is 4.90 Å². The molecule has 8 heteroatoms. The molecule has 0 aliphatic carbocycles. The minimum atomic E-state index is -1.39. The zero-order valence-electron chi connectivity index (χ0n) is 9.10. The molecule has 2 heterocycles. The summed E-state index contributed by atoms with van der Waals surface area (Å²) in [5.41, 5.74) is 0. The molecule has 0 N–H and O–H groups in total. The Bertz CT molecular complexity index is 353. The van der Waals surface area contributed by atoms with E-state index < -0.39 is 38.1 Å². The fourth-order valence-electron chi connectivity index (χ4n) is 2.09.